The number of rotatable bonds is 5. The van der Waals surface area contributed by atoms with E-state index in [-0.39, 0.29) is 0 Å². The zero-order chi connectivity index (χ0) is 11.3. The highest BCUT2D eigenvalue weighted by Crippen LogP contribution is 2.15. The molecule has 0 atom stereocenters. The first kappa shape index (κ1) is 11.8. The zero-order valence-corrected chi connectivity index (χ0v) is 9.95. The molecule has 15 heavy (non-hydrogen) atoms. The van der Waals surface area contributed by atoms with Crippen molar-refractivity contribution < 1.29 is 0 Å². The molecule has 0 aliphatic rings. The maximum atomic E-state index is 4.39. The molecule has 0 radical (unpaired) electrons. The van der Waals surface area contributed by atoms with E-state index in [4.69, 9.17) is 0 Å². The maximum absolute atomic E-state index is 4.39. The lowest BCUT2D eigenvalue weighted by Crippen LogP contribution is -2.22. The van der Waals surface area contributed by atoms with Crippen molar-refractivity contribution in [3.05, 3.63) is 36.2 Å². The van der Waals surface area contributed by atoms with E-state index >= 15 is 0 Å². The van der Waals surface area contributed by atoms with Gasteiger partial charge < -0.3 is 4.90 Å². The predicted octanol–water partition coefficient (Wildman–Crippen LogP) is 3.09. The van der Waals surface area contributed by atoms with Crippen LogP contribution in [0.3, 0.4) is 0 Å². The molecule has 1 aromatic rings. The molecule has 0 bridgehead atoms. The second-order valence-electron chi connectivity index (χ2n) is 3.75. The van der Waals surface area contributed by atoms with Crippen molar-refractivity contribution in [3.63, 3.8) is 0 Å². The van der Waals surface area contributed by atoms with Crippen LogP contribution in [0.1, 0.15) is 31.5 Å². The molecule has 0 saturated heterocycles. The molecule has 1 aromatic heterocycles. The van der Waals surface area contributed by atoms with Crippen LogP contribution in [-0.2, 0) is 0 Å². The van der Waals surface area contributed by atoms with E-state index in [2.05, 4.69) is 36.4 Å². The van der Waals surface area contributed by atoms with Gasteiger partial charge in [-0.05, 0) is 31.9 Å². The molecule has 0 aromatic carbocycles. The van der Waals surface area contributed by atoms with Gasteiger partial charge in [0.1, 0.15) is 0 Å². The summed E-state index contributed by atoms with van der Waals surface area (Å²) in [5, 5.41) is 0. The van der Waals surface area contributed by atoms with Gasteiger partial charge in [-0.25, -0.2) is 0 Å². The van der Waals surface area contributed by atoms with Crippen LogP contribution in [0.4, 0.5) is 0 Å². The van der Waals surface area contributed by atoms with Crippen LogP contribution < -0.4 is 0 Å². The third-order valence-corrected chi connectivity index (χ3v) is 2.46. The second-order valence-corrected chi connectivity index (χ2v) is 3.75. The molecule has 2 nitrogen and oxygen atoms in total. The molecule has 82 valence electrons. The van der Waals surface area contributed by atoms with Gasteiger partial charge in [-0.15, -0.1) is 0 Å². The van der Waals surface area contributed by atoms with Crippen LogP contribution in [0.25, 0.3) is 5.70 Å². The molecule has 1 rings (SSSR count). The predicted molar refractivity (Wildman–Crippen MR) is 65.5 cm³/mol. The minimum Gasteiger partial charge on any atom is -0.371 e. The minimum atomic E-state index is 0.982. The van der Waals surface area contributed by atoms with Crippen molar-refractivity contribution in [3.8, 4) is 0 Å². The lowest BCUT2D eigenvalue weighted by molar-refractivity contribution is 0.417. The van der Waals surface area contributed by atoms with Crippen LogP contribution in [0.2, 0.25) is 0 Å². The van der Waals surface area contributed by atoms with Gasteiger partial charge in [0.25, 0.3) is 0 Å². The van der Waals surface area contributed by atoms with Gasteiger partial charge in [-0.3, -0.25) is 4.98 Å². The summed E-state index contributed by atoms with van der Waals surface area (Å²) in [5.41, 5.74) is 3.19. The minimum absolute atomic E-state index is 0.982. The third kappa shape index (κ3) is 3.08. The number of hydrogen-bond donors (Lipinski definition) is 0. The molecule has 0 fully saturated rings. The lowest BCUT2D eigenvalue weighted by Gasteiger charge is -2.24. The van der Waals surface area contributed by atoms with E-state index in [1.165, 1.54) is 5.56 Å². The van der Waals surface area contributed by atoms with Crippen molar-refractivity contribution >= 4 is 5.70 Å². The van der Waals surface area contributed by atoms with Gasteiger partial charge in [0.2, 0.25) is 0 Å². The molecule has 0 aliphatic carbocycles. The van der Waals surface area contributed by atoms with Crippen molar-refractivity contribution in [1.82, 2.24) is 9.88 Å². The fourth-order valence-corrected chi connectivity index (χ4v) is 1.55. The summed E-state index contributed by atoms with van der Waals surface area (Å²) in [4.78, 5) is 6.65. The van der Waals surface area contributed by atoms with E-state index in [1.54, 1.807) is 0 Å². The Hall–Kier alpha value is -1.31. The first-order valence-corrected chi connectivity index (χ1v) is 5.55. The fourth-order valence-electron chi connectivity index (χ4n) is 1.55. The Bertz CT molecular complexity index is 314. The molecular weight excluding hydrogens is 184 g/mol. The monoisotopic (exact) mass is 204 g/mol. The summed E-state index contributed by atoms with van der Waals surface area (Å²) in [6.45, 7) is 12.5. The smallest absolute Gasteiger partial charge is 0.0857 e. The molecule has 2 heteroatoms. The molecule has 0 N–H and O–H groups in total. The maximum Gasteiger partial charge on any atom is 0.0857 e. The average Bonchev–Trinajstić information content (AvgIpc) is 2.26. The quantitative estimate of drug-likeness (QED) is 0.732. The highest BCUT2D eigenvalue weighted by molar-refractivity contribution is 5.58. The van der Waals surface area contributed by atoms with E-state index in [0.29, 0.717) is 0 Å². The van der Waals surface area contributed by atoms with Gasteiger partial charge in [-0.2, -0.15) is 0 Å². The van der Waals surface area contributed by atoms with Gasteiger partial charge >= 0.3 is 0 Å². The van der Waals surface area contributed by atoms with Gasteiger partial charge in [0.15, 0.2) is 0 Å². The topological polar surface area (TPSA) is 16.1 Å². The second kappa shape index (κ2) is 5.54. The van der Waals surface area contributed by atoms with Gasteiger partial charge in [0, 0.05) is 19.3 Å². The van der Waals surface area contributed by atoms with Crippen LogP contribution >= 0.6 is 0 Å². The molecular formula is C13H20N2. The number of aromatic nitrogens is 1. The van der Waals surface area contributed by atoms with Gasteiger partial charge in [-0.1, -0.05) is 19.6 Å². The standard InChI is InChI=1S/C13H20N2/c1-5-9-15(6-2)12(4)13-8-7-11(3)10-14-13/h7-8,10H,4-6,9H2,1-3H3. The van der Waals surface area contributed by atoms with Gasteiger partial charge in [0.05, 0.1) is 11.4 Å². The molecule has 0 amide bonds. The Morgan fingerprint density at radius 2 is 2.13 bits per heavy atom. The Morgan fingerprint density at radius 3 is 2.60 bits per heavy atom. The number of aryl methyl sites for hydroxylation is 1. The summed E-state index contributed by atoms with van der Waals surface area (Å²) in [5.74, 6) is 0. The van der Waals surface area contributed by atoms with E-state index in [0.717, 1.165) is 30.9 Å². The highest BCUT2D eigenvalue weighted by atomic mass is 15.1. The summed E-state index contributed by atoms with van der Waals surface area (Å²) in [6, 6.07) is 4.11. The fraction of sp³-hybridized carbons (Fsp3) is 0.462. The Kier molecular flexibility index (Phi) is 4.35. The number of pyridine rings is 1. The molecule has 1 heterocycles. The Balaban J connectivity index is 2.78. The van der Waals surface area contributed by atoms with E-state index in [9.17, 15) is 0 Å². The molecule has 0 spiro atoms. The lowest BCUT2D eigenvalue weighted by atomic mass is 10.2. The molecule has 0 unspecified atom stereocenters. The average molecular weight is 204 g/mol. The number of nitrogens with zero attached hydrogens (tertiary/aromatic N) is 2. The first-order chi connectivity index (χ1) is 7.19. The third-order valence-electron chi connectivity index (χ3n) is 2.46. The van der Waals surface area contributed by atoms with E-state index in [1.807, 2.05) is 19.2 Å². The summed E-state index contributed by atoms with van der Waals surface area (Å²) in [6.07, 6.45) is 3.03. The Labute approximate surface area is 92.6 Å². The van der Waals surface area contributed by atoms with Crippen LogP contribution in [0.15, 0.2) is 24.9 Å². The number of hydrogen-bond acceptors (Lipinski definition) is 2. The van der Waals surface area contributed by atoms with Crippen molar-refractivity contribution in [1.29, 1.82) is 0 Å². The first-order valence-electron chi connectivity index (χ1n) is 5.55. The van der Waals surface area contributed by atoms with Crippen molar-refractivity contribution in [2.45, 2.75) is 27.2 Å². The van der Waals surface area contributed by atoms with Crippen molar-refractivity contribution in [2.75, 3.05) is 13.1 Å². The van der Waals surface area contributed by atoms with E-state index < -0.39 is 0 Å². The zero-order valence-electron chi connectivity index (χ0n) is 9.95. The van der Waals surface area contributed by atoms with Crippen LogP contribution in [-0.4, -0.2) is 23.0 Å². The van der Waals surface area contributed by atoms with Crippen LogP contribution in [0.5, 0.6) is 0 Å². The normalized spacial score (nSPS) is 10.1. The Morgan fingerprint density at radius 1 is 1.40 bits per heavy atom. The van der Waals surface area contributed by atoms with Crippen LogP contribution in [0, 0.1) is 6.92 Å². The largest absolute Gasteiger partial charge is 0.371 e. The summed E-state index contributed by atoms with van der Waals surface area (Å²) < 4.78 is 0. The molecule has 0 saturated carbocycles. The SMILES string of the molecule is C=C(c1ccc(C)cn1)N(CC)CCC. The highest BCUT2D eigenvalue weighted by Gasteiger charge is 2.07. The summed E-state index contributed by atoms with van der Waals surface area (Å²) >= 11 is 0. The van der Waals surface area contributed by atoms with Crippen molar-refractivity contribution in [2.24, 2.45) is 0 Å². The molecule has 0 aliphatic heterocycles. The summed E-state index contributed by atoms with van der Waals surface area (Å²) in [7, 11) is 0.